The first kappa shape index (κ1) is 17.0. The van der Waals surface area contributed by atoms with E-state index in [1.807, 2.05) is 13.8 Å². The third kappa shape index (κ3) is 4.50. The summed E-state index contributed by atoms with van der Waals surface area (Å²) in [6.45, 7) is 8.20. The molecule has 1 aliphatic rings. The Morgan fingerprint density at radius 2 is 1.70 bits per heavy atom. The van der Waals surface area contributed by atoms with Gasteiger partial charge in [-0.25, -0.2) is 0 Å². The minimum Gasteiger partial charge on any atom is -0.481 e. The number of carboxylic acid groups (broad SMARTS) is 1. The van der Waals surface area contributed by atoms with Gasteiger partial charge in [-0.15, -0.1) is 0 Å². The lowest BCUT2D eigenvalue weighted by Crippen LogP contribution is -2.47. The van der Waals surface area contributed by atoms with Crippen molar-refractivity contribution in [3.63, 3.8) is 0 Å². The van der Waals surface area contributed by atoms with E-state index >= 15 is 0 Å². The lowest BCUT2D eigenvalue weighted by Gasteiger charge is -2.32. The highest BCUT2D eigenvalue weighted by Crippen LogP contribution is 2.43. The van der Waals surface area contributed by atoms with Crippen LogP contribution in [0.1, 0.15) is 66.2 Å². The summed E-state index contributed by atoms with van der Waals surface area (Å²) in [7, 11) is 0. The lowest BCUT2D eigenvalue weighted by molar-refractivity contribution is -0.139. The Kier molecular flexibility index (Phi) is 6.03. The first-order valence-corrected chi connectivity index (χ1v) is 7.79. The molecule has 1 aliphatic carbocycles. The zero-order chi connectivity index (χ0) is 15.3. The summed E-state index contributed by atoms with van der Waals surface area (Å²) in [4.78, 5) is 23.6. The number of carbonyl (C=O) groups is 2. The topological polar surface area (TPSA) is 66.4 Å². The predicted octanol–water partition coefficient (Wildman–Crippen LogP) is 3.21. The van der Waals surface area contributed by atoms with Crippen LogP contribution in [0.3, 0.4) is 0 Å². The van der Waals surface area contributed by atoms with Crippen LogP contribution in [0.2, 0.25) is 0 Å². The monoisotopic (exact) mass is 283 g/mol. The number of hydrogen-bond acceptors (Lipinski definition) is 2. The standard InChI is InChI=1S/C16H29NO3/c1-11(2)10-16(7-5-6-8-16)15(20)17-13(12(3)4)9-14(18)19/h11-13H,5-10H2,1-4H3,(H,17,20)(H,18,19). The smallest absolute Gasteiger partial charge is 0.305 e. The predicted molar refractivity (Wildman–Crippen MR) is 79.4 cm³/mol. The zero-order valence-corrected chi connectivity index (χ0v) is 13.2. The molecule has 1 rings (SSSR count). The van der Waals surface area contributed by atoms with E-state index in [4.69, 9.17) is 5.11 Å². The molecule has 0 radical (unpaired) electrons. The van der Waals surface area contributed by atoms with Crippen LogP contribution in [-0.4, -0.2) is 23.0 Å². The fraction of sp³-hybridized carbons (Fsp3) is 0.875. The molecule has 1 amide bonds. The molecule has 1 unspecified atom stereocenters. The first-order chi connectivity index (χ1) is 9.27. The van der Waals surface area contributed by atoms with E-state index in [-0.39, 0.29) is 29.7 Å². The number of hydrogen-bond donors (Lipinski definition) is 2. The second kappa shape index (κ2) is 7.09. The van der Waals surface area contributed by atoms with Crippen molar-refractivity contribution in [2.75, 3.05) is 0 Å². The quantitative estimate of drug-likeness (QED) is 0.754. The molecule has 4 heteroatoms. The Balaban J connectivity index is 2.76. The van der Waals surface area contributed by atoms with Gasteiger partial charge < -0.3 is 10.4 Å². The van der Waals surface area contributed by atoms with Crippen LogP contribution in [0, 0.1) is 17.3 Å². The maximum atomic E-state index is 12.7. The van der Waals surface area contributed by atoms with Gasteiger partial charge in [0.15, 0.2) is 0 Å². The molecule has 0 aromatic rings. The lowest BCUT2D eigenvalue weighted by atomic mass is 9.77. The van der Waals surface area contributed by atoms with Crippen LogP contribution in [0.15, 0.2) is 0 Å². The second-order valence-corrected chi connectivity index (χ2v) is 7.01. The summed E-state index contributed by atoms with van der Waals surface area (Å²) in [6.07, 6.45) is 4.98. The minimum atomic E-state index is -0.853. The van der Waals surface area contributed by atoms with Gasteiger partial charge >= 0.3 is 5.97 Å². The molecule has 4 nitrogen and oxygen atoms in total. The highest BCUT2D eigenvalue weighted by Gasteiger charge is 2.42. The third-order valence-corrected chi connectivity index (χ3v) is 4.36. The molecule has 20 heavy (non-hydrogen) atoms. The highest BCUT2D eigenvalue weighted by atomic mass is 16.4. The number of carboxylic acids is 1. The van der Waals surface area contributed by atoms with E-state index in [1.54, 1.807) is 0 Å². The van der Waals surface area contributed by atoms with Crippen LogP contribution in [0.25, 0.3) is 0 Å². The molecular weight excluding hydrogens is 254 g/mol. The Hall–Kier alpha value is -1.06. The van der Waals surface area contributed by atoms with E-state index in [1.165, 1.54) is 0 Å². The van der Waals surface area contributed by atoms with Crippen LogP contribution in [0.5, 0.6) is 0 Å². The number of rotatable bonds is 7. The summed E-state index contributed by atoms with van der Waals surface area (Å²) >= 11 is 0. The van der Waals surface area contributed by atoms with Crippen LogP contribution in [-0.2, 0) is 9.59 Å². The molecule has 0 spiro atoms. The van der Waals surface area contributed by atoms with Gasteiger partial charge in [0.1, 0.15) is 0 Å². The van der Waals surface area contributed by atoms with Crippen molar-refractivity contribution in [2.45, 2.75) is 72.3 Å². The Labute approximate surface area is 122 Å². The Morgan fingerprint density at radius 3 is 2.10 bits per heavy atom. The molecule has 0 saturated heterocycles. The molecule has 0 aromatic carbocycles. The van der Waals surface area contributed by atoms with Crippen molar-refractivity contribution >= 4 is 11.9 Å². The average Bonchev–Trinajstić information content (AvgIpc) is 2.76. The van der Waals surface area contributed by atoms with E-state index < -0.39 is 5.97 Å². The molecule has 1 saturated carbocycles. The summed E-state index contributed by atoms with van der Waals surface area (Å²) in [6, 6.07) is -0.273. The molecule has 0 bridgehead atoms. The summed E-state index contributed by atoms with van der Waals surface area (Å²) in [5.41, 5.74) is -0.264. The molecule has 0 aromatic heterocycles. The normalized spacial score (nSPS) is 19.3. The number of nitrogens with one attached hydrogen (secondary N) is 1. The summed E-state index contributed by atoms with van der Waals surface area (Å²) in [5, 5.41) is 12.0. The number of amides is 1. The fourth-order valence-corrected chi connectivity index (χ4v) is 3.32. The minimum absolute atomic E-state index is 0.00116. The van der Waals surface area contributed by atoms with Crippen LogP contribution < -0.4 is 5.32 Å². The van der Waals surface area contributed by atoms with Crippen molar-refractivity contribution in [1.29, 1.82) is 0 Å². The third-order valence-electron chi connectivity index (χ3n) is 4.36. The maximum absolute atomic E-state index is 12.7. The first-order valence-electron chi connectivity index (χ1n) is 7.79. The molecule has 0 aliphatic heterocycles. The van der Waals surface area contributed by atoms with Crippen molar-refractivity contribution in [1.82, 2.24) is 5.32 Å². The van der Waals surface area contributed by atoms with Gasteiger partial charge in [0.2, 0.25) is 5.91 Å². The Morgan fingerprint density at radius 1 is 1.15 bits per heavy atom. The largest absolute Gasteiger partial charge is 0.481 e. The highest BCUT2D eigenvalue weighted by molar-refractivity contribution is 5.83. The maximum Gasteiger partial charge on any atom is 0.305 e. The fourth-order valence-electron chi connectivity index (χ4n) is 3.32. The van der Waals surface area contributed by atoms with E-state index in [2.05, 4.69) is 19.2 Å². The molecule has 1 fully saturated rings. The van der Waals surface area contributed by atoms with Gasteiger partial charge in [0.05, 0.1) is 6.42 Å². The molecule has 2 N–H and O–H groups in total. The Bertz CT molecular complexity index is 344. The van der Waals surface area contributed by atoms with Crippen molar-refractivity contribution in [3.8, 4) is 0 Å². The summed E-state index contributed by atoms with van der Waals surface area (Å²) < 4.78 is 0. The van der Waals surface area contributed by atoms with Crippen molar-refractivity contribution < 1.29 is 14.7 Å². The van der Waals surface area contributed by atoms with Gasteiger partial charge in [-0.2, -0.15) is 0 Å². The zero-order valence-electron chi connectivity index (χ0n) is 13.2. The molecule has 116 valence electrons. The number of carbonyl (C=O) groups excluding carboxylic acids is 1. The van der Waals surface area contributed by atoms with Gasteiger partial charge in [-0.1, -0.05) is 40.5 Å². The summed E-state index contributed by atoms with van der Waals surface area (Å²) in [5.74, 6) is -0.166. The molecule has 1 atom stereocenters. The van der Waals surface area contributed by atoms with Gasteiger partial charge in [0, 0.05) is 11.5 Å². The molecular formula is C16H29NO3. The van der Waals surface area contributed by atoms with Crippen LogP contribution >= 0.6 is 0 Å². The van der Waals surface area contributed by atoms with Crippen LogP contribution in [0.4, 0.5) is 0 Å². The van der Waals surface area contributed by atoms with Gasteiger partial charge in [0.25, 0.3) is 0 Å². The SMILES string of the molecule is CC(C)CC1(C(=O)NC(CC(=O)O)C(C)C)CCCC1. The van der Waals surface area contributed by atoms with Gasteiger partial charge in [-0.3, -0.25) is 9.59 Å². The van der Waals surface area contributed by atoms with Crippen molar-refractivity contribution in [2.24, 2.45) is 17.3 Å². The van der Waals surface area contributed by atoms with Gasteiger partial charge in [-0.05, 0) is 31.1 Å². The molecule has 0 heterocycles. The average molecular weight is 283 g/mol. The van der Waals surface area contributed by atoms with E-state index in [9.17, 15) is 9.59 Å². The number of aliphatic carboxylic acids is 1. The van der Waals surface area contributed by atoms with Crippen molar-refractivity contribution in [3.05, 3.63) is 0 Å². The second-order valence-electron chi connectivity index (χ2n) is 7.01. The van der Waals surface area contributed by atoms with E-state index in [0.717, 1.165) is 32.1 Å². The van der Waals surface area contributed by atoms with E-state index in [0.29, 0.717) is 5.92 Å².